The molecule has 1 aromatic carbocycles. The predicted molar refractivity (Wildman–Crippen MR) is 80.9 cm³/mol. The summed E-state index contributed by atoms with van der Waals surface area (Å²) < 4.78 is 5.50. The molecule has 3 N–H and O–H groups in total. The van der Waals surface area contributed by atoms with Crippen LogP contribution in [0.25, 0.3) is 0 Å². The second kappa shape index (κ2) is 7.43. The SMILES string of the molecule is CN(C(=O)COc1ccc(CN)cc1)C1CCCCC1O. The van der Waals surface area contributed by atoms with E-state index in [0.717, 1.165) is 31.2 Å². The van der Waals surface area contributed by atoms with E-state index in [4.69, 9.17) is 10.5 Å². The lowest BCUT2D eigenvalue weighted by Gasteiger charge is -2.35. The predicted octanol–water partition coefficient (Wildman–Crippen LogP) is 1.29. The molecule has 0 saturated heterocycles. The van der Waals surface area contributed by atoms with Gasteiger partial charge in [-0.15, -0.1) is 0 Å². The lowest BCUT2D eigenvalue weighted by molar-refractivity contribution is -0.137. The van der Waals surface area contributed by atoms with E-state index in [1.54, 1.807) is 11.9 Å². The van der Waals surface area contributed by atoms with Crippen LogP contribution in [-0.2, 0) is 11.3 Å². The van der Waals surface area contributed by atoms with Crippen molar-refractivity contribution in [3.05, 3.63) is 29.8 Å². The molecule has 116 valence electrons. The highest BCUT2D eigenvalue weighted by atomic mass is 16.5. The van der Waals surface area contributed by atoms with Crippen molar-refractivity contribution in [1.29, 1.82) is 0 Å². The number of carbonyl (C=O) groups is 1. The van der Waals surface area contributed by atoms with Crippen LogP contribution < -0.4 is 10.5 Å². The summed E-state index contributed by atoms with van der Waals surface area (Å²) in [5, 5.41) is 9.98. The first kappa shape index (κ1) is 15.8. The van der Waals surface area contributed by atoms with Crippen LogP contribution in [0.4, 0.5) is 0 Å². The fourth-order valence-corrected chi connectivity index (χ4v) is 2.70. The van der Waals surface area contributed by atoms with E-state index in [-0.39, 0.29) is 18.6 Å². The summed E-state index contributed by atoms with van der Waals surface area (Å²) >= 11 is 0. The molecule has 0 bridgehead atoms. The Morgan fingerprint density at radius 1 is 1.33 bits per heavy atom. The molecular weight excluding hydrogens is 268 g/mol. The summed E-state index contributed by atoms with van der Waals surface area (Å²) in [5.74, 6) is 0.544. The highest BCUT2D eigenvalue weighted by Crippen LogP contribution is 2.22. The number of ether oxygens (including phenoxy) is 1. The van der Waals surface area contributed by atoms with Crippen molar-refractivity contribution < 1.29 is 14.6 Å². The first-order valence-corrected chi connectivity index (χ1v) is 7.47. The molecule has 1 amide bonds. The third-order valence-electron chi connectivity index (χ3n) is 4.11. The van der Waals surface area contributed by atoms with Crippen molar-refractivity contribution in [1.82, 2.24) is 4.90 Å². The number of hydrogen-bond donors (Lipinski definition) is 2. The molecule has 0 aromatic heterocycles. The molecule has 5 heteroatoms. The van der Waals surface area contributed by atoms with Gasteiger partial charge in [0.15, 0.2) is 6.61 Å². The van der Waals surface area contributed by atoms with Crippen molar-refractivity contribution in [2.24, 2.45) is 5.73 Å². The van der Waals surface area contributed by atoms with Crippen LogP contribution in [0.15, 0.2) is 24.3 Å². The summed E-state index contributed by atoms with van der Waals surface area (Å²) in [6.07, 6.45) is 3.29. The quantitative estimate of drug-likeness (QED) is 0.857. The van der Waals surface area contributed by atoms with Gasteiger partial charge in [0.2, 0.25) is 0 Å². The standard InChI is InChI=1S/C16H24N2O3/c1-18(14-4-2-3-5-15(14)19)16(20)11-21-13-8-6-12(10-17)7-9-13/h6-9,14-15,19H,2-5,10-11,17H2,1H3. The number of benzene rings is 1. The number of aliphatic hydroxyl groups is 1. The van der Waals surface area contributed by atoms with Gasteiger partial charge in [0.05, 0.1) is 12.1 Å². The third-order valence-corrected chi connectivity index (χ3v) is 4.11. The van der Waals surface area contributed by atoms with Crippen LogP contribution in [0.5, 0.6) is 5.75 Å². The van der Waals surface area contributed by atoms with Crippen molar-refractivity contribution in [3.8, 4) is 5.75 Å². The average Bonchev–Trinajstić information content (AvgIpc) is 2.53. The van der Waals surface area contributed by atoms with Crippen LogP contribution >= 0.6 is 0 Å². The number of nitrogens with two attached hydrogens (primary N) is 1. The number of carbonyl (C=O) groups excluding carboxylic acids is 1. The first-order valence-electron chi connectivity index (χ1n) is 7.47. The molecule has 1 aliphatic carbocycles. The molecular formula is C16H24N2O3. The minimum Gasteiger partial charge on any atom is -0.484 e. The number of likely N-dealkylation sites (N-methyl/N-ethyl adjacent to an activating group) is 1. The van der Waals surface area contributed by atoms with E-state index < -0.39 is 6.10 Å². The summed E-state index contributed by atoms with van der Waals surface area (Å²) in [5.41, 5.74) is 6.56. The smallest absolute Gasteiger partial charge is 0.260 e. The lowest BCUT2D eigenvalue weighted by atomic mass is 9.91. The van der Waals surface area contributed by atoms with Crippen molar-refractivity contribution in [2.75, 3.05) is 13.7 Å². The van der Waals surface area contributed by atoms with Gasteiger partial charge in [0.25, 0.3) is 5.91 Å². The van der Waals surface area contributed by atoms with Crippen molar-refractivity contribution >= 4 is 5.91 Å². The molecule has 2 unspecified atom stereocenters. The monoisotopic (exact) mass is 292 g/mol. The summed E-state index contributed by atoms with van der Waals surface area (Å²) in [4.78, 5) is 13.8. The number of aliphatic hydroxyl groups excluding tert-OH is 1. The van der Waals surface area contributed by atoms with Gasteiger partial charge in [0, 0.05) is 13.6 Å². The maximum absolute atomic E-state index is 12.2. The van der Waals surface area contributed by atoms with E-state index >= 15 is 0 Å². The van der Waals surface area contributed by atoms with Crippen LogP contribution in [0.3, 0.4) is 0 Å². The van der Waals surface area contributed by atoms with Crippen LogP contribution in [0.1, 0.15) is 31.2 Å². The van der Waals surface area contributed by atoms with Crippen LogP contribution in [0.2, 0.25) is 0 Å². The Balaban J connectivity index is 1.85. The van der Waals surface area contributed by atoms with Gasteiger partial charge in [0.1, 0.15) is 5.75 Å². The Hall–Kier alpha value is -1.59. The highest BCUT2D eigenvalue weighted by Gasteiger charge is 2.29. The Bertz CT molecular complexity index is 461. The zero-order chi connectivity index (χ0) is 15.2. The lowest BCUT2D eigenvalue weighted by Crippen LogP contribution is -2.47. The molecule has 21 heavy (non-hydrogen) atoms. The third kappa shape index (κ3) is 4.19. The first-order chi connectivity index (χ1) is 10.1. The summed E-state index contributed by atoms with van der Waals surface area (Å²) in [6.45, 7) is 0.475. The van der Waals surface area contributed by atoms with Gasteiger partial charge >= 0.3 is 0 Å². The second-order valence-electron chi connectivity index (χ2n) is 5.56. The summed E-state index contributed by atoms with van der Waals surface area (Å²) in [7, 11) is 1.74. The molecule has 1 saturated carbocycles. The fourth-order valence-electron chi connectivity index (χ4n) is 2.70. The molecule has 1 fully saturated rings. The van der Waals surface area contributed by atoms with E-state index in [0.29, 0.717) is 12.3 Å². The van der Waals surface area contributed by atoms with Gasteiger partial charge in [-0.3, -0.25) is 4.79 Å². The molecule has 2 rings (SSSR count). The van der Waals surface area contributed by atoms with E-state index in [1.165, 1.54) is 0 Å². The van der Waals surface area contributed by atoms with Gasteiger partial charge < -0.3 is 20.5 Å². The van der Waals surface area contributed by atoms with Crippen LogP contribution in [0, 0.1) is 0 Å². The zero-order valence-electron chi connectivity index (χ0n) is 12.5. The Morgan fingerprint density at radius 3 is 2.62 bits per heavy atom. The van der Waals surface area contributed by atoms with Gasteiger partial charge in [-0.05, 0) is 30.5 Å². The maximum atomic E-state index is 12.2. The van der Waals surface area contributed by atoms with Gasteiger partial charge in [-0.2, -0.15) is 0 Å². The topological polar surface area (TPSA) is 75.8 Å². The molecule has 0 radical (unpaired) electrons. The molecule has 1 aliphatic rings. The minimum absolute atomic E-state index is 0.0122. The molecule has 0 spiro atoms. The largest absolute Gasteiger partial charge is 0.484 e. The minimum atomic E-state index is -0.420. The molecule has 0 heterocycles. The zero-order valence-corrected chi connectivity index (χ0v) is 12.5. The van der Waals surface area contributed by atoms with E-state index in [9.17, 15) is 9.90 Å². The number of nitrogens with zero attached hydrogens (tertiary/aromatic N) is 1. The molecule has 0 aliphatic heterocycles. The Kier molecular flexibility index (Phi) is 5.59. The average molecular weight is 292 g/mol. The fraction of sp³-hybridized carbons (Fsp3) is 0.562. The number of hydrogen-bond acceptors (Lipinski definition) is 4. The van der Waals surface area contributed by atoms with Crippen LogP contribution in [-0.4, -0.2) is 41.7 Å². The Morgan fingerprint density at radius 2 is 2.00 bits per heavy atom. The highest BCUT2D eigenvalue weighted by molar-refractivity contribution is 5.77. The van der Waals surface area contributed by atoms with E-state index in [1.807, 2.05) is 24.3 Å². The van der Waals surface area contributed by atoms with Gasteiger partial charge in [-0.1, -0.05) is 25.0 Å². The maximum Gasteiger partial charge on any atom is 0.260 e. The normalized spacial score (nSPS) is 21.9. The summed E-state index contributed by atoms with van der Waals surface area (Å²) in [6, 6.07) is 7.30. The van der Waals surface area contributed by atoms with Crippen molar-refractivity contribution in [2.45, 2.75) is 44.4 Å². The molecule has 1 aromatic rings. The second-order valence-corrected chi connectivity index (χ2v) is 5.56. The Labute approximate surface area is 125 Å². The van der Waals surface area contributed by atoms with Crippen molar-refractivity contribution in [3.63, 3.8) is 0 Å². The number of rotatable bonds is 5. The molecule has 5 nitrogen and oxygen atoms in total. The number of amides is 1. The van der Waals surface area contributed by atoms with Gasteiger partial charge in [-0.25, -0.2) is 0 Å². The molecule has 2 atom stereocenters. The van der Waals surface area contributed by atoms with E-state index in [2.05, 4.69) is 0 Å².